The minimum absolute atomic E-state index is 0.0977. The fraction of sp³-hybridized carbons (Fsp3) is 0.439. The number of aliphatic hydroxyl groups is 2. The molecule has 8 rings (SSSR count). The third kappa shape index (κ3) is 17.8. The summed E-state index contributed by atoms with van der Waals surface area (Å²) in [5.74, 6) is 2.64. The van der Waals surface area contributed by atoms with Gasteiger partial charge < -0.3 is 49.8 Å². The largest absolute Gasteiger partial charge is 0.483 e. The number of piperidine rings is 1. The number of carbonyl (C=O) groups is 5. The van der Waals surface area contributed by atoms with E-state index in [1.807, 2.05) is 57.3 Å². The molecule has 1 unspecified atom stereocenters. The number of ether oxygens (including phenoxy) is 1. The third-order valence-corrected chi connectivity index (χ3v) is 13.7. The Morgan fingerprint density at radius 3 is 2.19 bits per heavy atom. The fourth-order valence-corrected chi connectivity index (χ4v) is 10.3. The number of nitrogens with one attached hydrogen (secondary N) is 1. The zero-order valence-electron chi connectivity index (χ0n) is 44.9. The van der Waals surface area contributed by atoms with Crippen molar-refractivity contribution in [2.45, 2.75) is 111 Å². The summed E-state index contributed by atoms with van der Waals surface area (Å²) >= 11 is 12.1. The van der Waals surface area contributed by atoms with Crippen molar-refractivity contribution in [3.63, 3.8) is 0 Å². The molecule has 0 saturated carbocycles. The Morgan fingerprint density at radius 1 is 0.932 bits per heavy atom. The number of aromatic nitrogens is 2. The molecule has 1 atom stereocenters. The lowest BCUT2D eigenvalue weighted by Crippen LogP contribution is -2.33. The van der Waals surface area contributed by atoms with Gasteiger partial charge in [-0.2, -0.15) is 12.6 Å². The van der Waals surface area contributed by atoms with Crippen molar-refractivity contribution < 1.29 is 38.9 Å². The first-order valence-electron chi connectivity index (χ1n) is 25.1. The van der Waals surface area contributed by atoms with E-state index in [-0.39, 0.29) is 23.7 Å². The minimum atomic E-state index is -0.135. The molecule has 74 heavy (non-hydrogen) atoms. The molecule has 17 heteroatoms. The van der Waals surface area contributed by atoms with Gasteiger partial charge in [0.05, 0.1) is 16.8 Å². The summed E-state index contributed by atoms with van der Waals surface area (Å²) in [6.45, 7) is 14.8. The van der Waals surface area contributed by atoms with E-state index in [0.717, 1.165) is 122 Å². The lowest BCUT2D eigenvalue weighted by atomic mass is 9.85. The SMILES string of the molecule is CC.CCCC(CC(C)(C)C)Nc1cccc(-c2sc(C=O)c(OCC=O)c2Cl)c1.CN.CN1C(=O)c2cccc3c(C4CCN(c5cn6cc(CS)ccc6n5)CC4)ccc1c23.CO.CO.O=CCCCC=O. The number of nitrogens with zero attached hydrogens (tertiary/aromatic N) is 4. The molecule has 5 N–H and O–H groups in total. The highest BCUT2D eigenvalue weighted by molar-refractivity contribution is 7.79. The van der Waals surface area contributed by atoms with E-state index in [1.165, 1.54) is 34.9 Å². The average molecular weight is 1080 g/mol. The second-order valence-electron chi connectivity index (χ2n) is 17.9. The van der Waals surface area contributed by atoms with Crippen LogP contribution in [0.2, 0.25) is 5.02 Å². The molecule has 0 bridgehead atoms. The van der Waals surface area contributed by atoms with Crippen molar-refractivity contribution in [2.24, 2.45) is 11.1 Å². The molecule has 1 amide bonds. The lowest BCUT2D eigenvalue weighted by Gasteiger charge is -2.33. The number of hydrogen-bond acceptors (Lipinski definition) is 14. The van der Waals surface area contributed by atoms with Crippen LogP contribution in [0.15, 0.2) is 79.1 Å². The number of unbranched alkanes of at least 4 members (excludes halogenated alkanes) is 2. The van der Waals surface area contributed by atoms with Gasteiger partial charge in [-0.05, 0) is 103 Å². The van der Waals surface area contributed by atoms with Crippen LogP contribution in [0.1, 0.15) is 130 Å². The van der Waals surface area contributed by atoms with Crippen LogP contribution in [0.4, 0.5) is 17.2 Å². The number of hydrogen-bond donors (Lipinski definition) is 5. The number of nitrogens with two attached hydrogens (primary N) is 1. The minimum Gasteiger partial charge on any atom is -0.483 e. The molecule has 0 spiro atoms. The van der Waals surface area contributed by atoms with Crippen molar-refractivity contribution in [2.75, 3.05) is 63.1 Å². The standard InChI is InChI=1S/C25H24N4OS.C22H28ClNO3S.C5H8O2.C2H6.CH5N.2CH4O/c1-27-21-7-6-18(19-3-2-4-20(24(19)21)25(27)30)17-9-11-28(12-10-17)23-14-29-13-16(15-31)5-8-22(29)26-23;1-5-7-17(13-22(2,3)4)24-16-9-6-8-15(12-16)21-19(23)20(27-11-10-25)18(14-26)28-21;6-4-2-1-3-5-7;4*1-2/h2-8,13-14,17,31H,9-12,15H2,1H3;6,8-10,12,14,17,24H,5,7,11,13H2,1-4H3;4-5H,1-3H2;1-2H3;2H2,1H3;2*2H,1H3. The smallest absolute Gasteiger partial charge is 0.258 e. The number of amides is 1. The normalized spacial score (nSPS) is 12.8. The molecule has 2 aliphatic rings. The van der Waals surface area contributed by atoms with E-state index in [1.54, 1.807) is 4.90 Å². The number of halogens is 1. The van der Waals surface area contributed by atoms with Crippen LogP contribution in [0.25, 0.3) is 26.9 Å². The Balaban J connectivity index is 0.000000403. The van der Waals surface area contributed by atoms with Crippen molar-refractivity contribution in [3.8, 4) is 16.2 Å². The quantitative estimate of drug-likeness (QED) is 0.0330. The number of pyridine rings is 1. The number of rotatable bonds is 17. The third-order valence-electron chi connectivity index (χ3n) is 11.8. The molecule has 14 nitrogen and oxygen atoms in total. The lowest BCUT2D eigenvalue weighted by molar-refractivity contribution is -0.110. The summed E-state index contributed by atoms with van der Waals surface area (Å²) in [5.41, 5.74) is 12.1. The van der Waals surface area contributed by atoms with Gasteiger partial charge >= 0.3 is 0 Å². The van der Waals surface area contributed by atoms with Crippen LogP contribution in [0, 0.1) is 5.41 Å². The molecule has 1 fully saturated rings. The summed E-state index contributed by atoms with van der Waals surface area (Å²) in [6.07, 6.45) is 14.4. The zero-order valence-corrected chi connectivity index (χ0v) is 47.4. The summed E-state index contributed by atoms with van der Waals surface area (Å²) < 4.78 is 7.46. The summed E-state index contributed by atoms with van der Waals surface area (Å²) in [4.78, 5) is 63.8. The van der Waals surface area contributed by atoms with E-state index in [0.29, 0.717) is 53.7 Å². The van der Waals surface area contributed by atoms with Crippen LogP contribution >= 0.6 is 35.6 Å². The van der Waals surface area contributed by atoms with Crippen LogP contribution in [0.5, 0.6) is 5.75 Å². The predicted octanol–water partition coefficient (Wildman–Crippen LogP) is 11.7. The number of anilines is 3. The first-order chi connectivity index (χ1) is 35.8. The van der Waals surface area contributed by atoms with Gasteiger partial charge in [-0.3, -0.25) is 14.4 Å². The summed E-state index contributed by atoms with van der Waals surface area (Å²) in [6, 6.07) is 23.1. The number of aliphatic hydroxyl groups excluding tert-OH is 2. The molecule has 2 aliphatic heterocycles. The Morgan fingerprint density at radius 2 is 1.59 bits per heavy atom. The van der Waals surface area contributed by atoms with Gasteiger partial charge in [0, 0.05) is 81.8 Å². The van der Waals surface area contributed by atoms with Crippen molar-refractivity contribution >= 4 is 100 Å². The Bertz CT molecular complexity index is 2650. The molecule has 1 saturated heterocycles. The molecule has 6 aromatic rings. The summed E-state index contributed by atoms with van der Waals surface area (Å²) in [7, 11) is 5.36. The number of aldehydes is 4. The van der Waals surface area contributed by atoms with Gasteiger partial charge in [-0.25, -0.2) is 4.98 Å². The molecule has 3 aromatic heterocycles. The van der Waals surface area contributed by atoms with E-state index in [4.69, 9.17) is 31.5 Å². The highest BCUT2D eigenvalue weighted by Crippen LogP contribution is 2.46. The van der Waals surface area contributed by atoms with E-state index >= 15 is 0 Å². The van der Waals surface area contributed by atoms with Crippen LogP contribution in [0.3, 0.4) is 0 Å². The second kappa shape index (κ2) is 34.0. The summed E-state index contributed by atoms with van der Waals surface area (Å²) in [5, 5.41) is 20.4. The van der Waals surface area contributed by atoms with Gasteiger partial charge in [0.25, 0.3) is 5.91 Å². The van der Waals surface area contributed by atoms with Gasteiger partial charge in [-0.1, -0.05) is 96.0 Å². The number of carbonyl (C=O) groups excluding carboxylic acids is 5. The highest BCUT2D eigenvalue weighted by Gasteiger charge is 2.30. The second-order valence-corrected chi connectivity index (χ2v) is 19.6. The topological polar surface area (TPSA) is 197 Å². The number of fused-ring (bicyclic) bond motifs is 1. The number of benzene rings is 3. The Labute approximate surface area is 453 Å². The zero-order chi connectivity index (χ0) is 55.4. The Hall–Kier alpha value is -5.62. The number of imidazole rings is 1. The van der Waals surface area contributed by atoms with Crippen LogP contribution in [-0.4, -0.2) is 105 Å². The van der Waals surface area contributed by atoms with Crippen LogP contribution in [-0.2, 0) is 20.1 Å². The first kappa shape index (κ1) is 64.5. The van der Waals surface area contributed by atoms with E-state index < -0.39 is 0 Å². The monoisotopic (exact) mass is 1070 g/mol. The molecule has 404 valence electrons. The van der Waals surface area contributed by atoms with Gasteiger partial charge in [0.1, 0.15) is 40.5 Å². The van der Waals surface area contributed by atoms with Gasteiger partial charge in [0.2, 0.25) is 0 Å². The van der Waals surface area contributed by atoms with E-state index in [9.17, 15) is 24.0 Å². The molecular weight excluding hydrogens is 996 g/mol. The molecule has 0 radical (unpaired) electrons. The maximum Gasteiger partial charge on any atom is 0.258 e. The molecule has 3 aromatic carbocycles. The molecule has 0 aliphatic carbocycles. The number of thiophene rings is 1. The maximum absolute atomic E-state index is 12.6. The number of thiol groups is 1. The molecular formula is C57H79ClN6O8S2. The Kier molecular flexibility index (Phi) is 29.7. The molecule has 5 heterocycles. The highest BCUT2D eigenvalue weighted by atomic mass is 35.5. The maximum atomic E-state index is 12.6. The van der Waals surface area contributed by atoms with E-state index in [2.05, 4.69) is 103 Å². The first-order valence-corrected chi connectivity index (χ1v) is 26.9. The van der Waals surface area contributed by atoms with Crippen molar-refractivity contribution in [1.29, 1.82) is 0 Å². The van der Waals surface area contributed by atoms with Gasteiger partial charge in [0.15, 0.2) is 18.3 Å². The van der Waals surface area contributed by atoms with Gasteiger partial charge in [-0.15, -0.1) is 11.3 Å². The predicted molar refractivity (Wildman–Crippen MR) is 311 cm³/mol. The van der Waals surface area contributed by atoms with Crippen molar-refractivity contribution in [1.82, 2.24) is 9.38 Å². The fourth-order valence-electron chi connectivity index (χ4n) is 8.72. The average Bonchev–Trinajstić information content (AvgIpc) is 4.09. The van der Waals surface area contributed by atoms with Crippen molar-refractivity contribution in [3.05, 3.63) is 106 Å². The van der Waals surface area contributed by atoms with Crippen LogP contribution < -0.4 is 25.6 Å².